The van der Waals surface area contributed by atoms with E-state index in [9.17, 15) is 14.4 Å². The third kappa shape index (κ3) is 4.57. The van der Waals surface area contributed by atoms with E-state index in [-0.39, 0.29) is 12.0 Å². The van der Waals surface area contributed by atoms with Crippen molar-refractivity contribution >= 4 is 34.4 Å². The van der Waals surface area contributed by atoms with Crippen LogP contribution in [0, 0.1) is 6.92 Å². The zero-order chi connectivity index (χ0) is 21.1. The lowest BCUT2D eigenvalue weighted by atomic mass is 10.0. The highest BCUT2D eigenvalue weighted by Crippen LogP contribution is 2.27. The van der Waals surface area contributed by atoms with Gasteiger partial charge in [0.25, 0.3) is 5.91 Å². The first-order chi connectivity index (χ1) is 13.8. The van der Waals surface area contributed by atoms with Crippen molar-refractivity contribution in [3.8, 4) is 16.9 Å². The molecule has 0 spiro atoms. The summed E-state index contributed by atoms with van der Waals surface area (Å²) in [5.41, 5.74) is 1.28. The fourth-order valence-electron chi connectivity index (χ4n) is 2.82. The van der Waals surface area contributed by atoms with Gasteiger partial charge in [0.05, 0.1) is 10.9 Å². The minimum atomic E-state index is -1.14. The normalized spacial score (nSPS) is 11.8. The molecule has 1 heterocycles. The third-order valence-corrected chi connectivity index (χ3v) is 4.54. The van der Waals surface area contributed by atoms with E-state index in [0.29, 0.717) is 38.6 Å². The second kappa shape index (κ2) is 8.36. The summed E-state index contributed by atoms with van der Waals surface area (Å²) in [5.74, 6) is -0.957. The maximum atomic E-state index is 12.9. The number of carboxylic acid groups (broad SMARTS) is 1. The highest BCUT2D eigenvalue weighted by atomic mass is 35.5. The summed E-state index contributed by atoms with van der Waals surface area (Å²) in [4.78, 5) is 35.5. The molecule has 1 amide bonds. The number of amides is 1. The molecule has 0 saturated heterocycles. The highest BCUT2D eigenvalue weighted by molar-refractivity contribution is 6.30. The number of fused-ring (bicyclic) bond motifs is 1. The Morgan fingerprint density at radius 2 is 1.90 bits per heavy atom. The van der Waals surface area contributed by atoms with Crippen LogP contribution in [0.3, 0.4) is 0 Å². The standard InChI is InChI=1S/C21H18ClNO6/c1-11(21(26)27)23-18(24)10-28-15-7-8-16-17(9-15)29-12(2)19(20(16)25)13-3-5-14(22)6-4-13/h3-9,11H,10H2,1-2H3,(H,23,24)(H,26,27)/t11-/m0/s1. The van der Waals surface area contributed by atoms with Gasteiger partial charge in [0.15, 0.2) is 6.61 Å². The molecule has 8 heteroatoms. The second-order valence-corrected chi connectivity index (χ2v) is 6.88. The molecule has 3 rings (SSSR count). The molecule has 0 aliphatic rings. The van der Waals surface area contributed by atoms with Gasteiger partial charge in [-0.05, 0) is 43.7 Å². The predicted molar refractivity (Wildman–Crippen MR) is 108 cm³/mol. The monoisotopic (exact) mass is 415 g/mol. The molecule has 3 aromatic rings. The average molecular weight is 416 g/mol. The van der Waals surface area contributed by atoms with Crippen LogP contribution in [-0.2, 0) is 9.59 Å². The lowest BCUT2D eigenvalue weighted by Gasteiger charge is -2.11. The van der Waals surface area contributed by atoms with Crippen molar-refractivity contribution in [3.63, 3.8) is 0 Å². The summed E-state index contributed by atoms with van der Waals surface area (Å²) < 4.78 is 11.2. The lowest BCUT2D eigenvalue weighted by Crippen LogP contribution is -2.40. The Labute approximate surface area is 170 Å². The molecular formula is C21H18ClNO6. The number of benzene rings is 2. The van der Waals surface area contributed by atoms with Crippen LogP contribution in [0.4, 0.5) is 0 Å². The van der Waals surface area contributed by atoms with Gasteiger partial charge in [-0.3, -0.25) is 14.4 Å². The maximum Gasteiger partial charge on any atom is 0.325 e. The van der Waals surface area contributed by atoms with E-state index in [1.54, 1.807) is 43.3 Å². The van der Waals surface area contributed by atoms with Gasteiger partial charge in [0, 0.05) is 11.1 Å². The third-order valence-electron chi connectivity index (χ3n) is 4.29. The van der Waals surface area contributed by atoms with Gasteiger partial charge in [-0.2, -0.15) is 0 Å². The van der Waals surface area contributed by atoms with Crippen LogP contribution in [0.2, 0.25) is 5.02 Å². The predicted octanol–water partition coefficient (Wildman–Crippen LogP) is 3.39. The Balaban J connectivity index is 1.85. The van der Waals surface area contributed by atoms with Crippen LogP contribution >= 0.6 is 11.6 Å². The number of hydrogen-bond acceptors (Lipinski definition) is 5. The molecule has 1 atom stereocenters. The summed E-state index contributed by atoms with van der Waals surface area (Å²) in [6, 6.07) is 10.5. The van der Waals surface area contributed by atoms with Crippen LogP contribution in [-0.4, -0.2) is 29.6 Å². The van der Waals surface area contributed by atoms with Gasteiger partial charge < -0.3 is 19.6 Å². The summed E-state index contributed by atoms with van der Waals surface area (Å²) in [5, 5.41) is 12.0. The number of ether oxygens (including phenoxy) is 1. The fourth-order valence-corrected chi connectivity index (χ4v) is 2.95. The Bertz CT molecular complexity index is 1140. The Morgan fingerprint density at radius 1 is 1.21 bits per heavy atom. The molecule has 29 heavy (non-hydrogen) atoms. The highest BCUT2D eigenvalue weighted by Gasteiger charge is 2.16. The number of aliphatic carboxylic acids is 1. The molecule has 0 unspecified atom stereocenters. The molecule has 0 bridgehead atoms. The molecule has 7 nitrogen and oxygen atoms in total. The van der Waals surface area contributed by atoms with Crippen molar-refractivity contribution < 1.29 is 23.8 Å². The molecule has 0 fully saturated rings. The summed E-state index contributed by atoms with van der Waals surface area (Å²) in [6.07, 6.45) is 0. The zero-order valence-corrected chi connectivity index (χ0v) is 16.4. The van der Waals surface area contributed by atoms with Crippen LogP contribution in [0.5, 0.6) is 5.75 Å². The second-order valence-electron chi connectivity index (χ2n) is 6.44. The molecule has 1 aromatic heterocycles. The van der Waals surface area contributed by atoms with E-state index in [4.69, 9.17) is 25.9 Å². The smallest absolute Gasteiger partial charge is 0.325 e. The van der Waals surface area contributed by atoms with Crippen molar-refractivity contribution in [2.75, 3.05) is 6.61 Å². The minimum Gasteiger partial charge on any atom is -0.484 e. The van der Waals surface area contributed by atoms with E-state index in [1.807, 2.05) is 0 Å². The van der Waals surface area contributed by atoms with E-state index < -0.39 is 17.9 Å². The quantitative estimate of drug-likeness (QED) is 0.639. The van der Waals surface area contributed by atoms with E-state index in [1.165, 1.54) is 13.0 Å². The maximum absolute atomic E-state index is 12.9. The average Bonchev–Trinajstić information content (AvgIpc) is 2.67. The number of aryl methyl sites for hydroxylation is 1. The Morgan fingerprint density at radius 3 is 2.55 bits per heavy atom. The van der Waals surface area contributed by atoms with Crippen molar-refractivity contribution in [3.05, 3.63) is 63.5 Å². The van der Waals surface area contributed by atoms with Gasteiger partial charge >= 0.3 is 5.97 Å². The number of hydrogen-bond donors (Lipinski definition) is 2. The minimum absolute atomic E-state index is 0.189. The first kappa shape index (κ1) is 20.4. The van der Waals surface area contributed by atoms with E-state index in [2.05, 4.69) is 5.32 Å². The van der Waals surface area contributed by atoms with Crippen molar-refractivity contribution in [2.45, 2.75) is 19.9 Å². The summed E-state index contributed by atoms with van der Waals surface area (Å²) >= 11 is 5.91. The lowest BCUT2D eigenvalue weighted by molar-refractivity contribution is -0.141. The molecule has 0 aliphatic heterocycles. The number of nitrogens with one attached hydrogen (secondary N) is 1. The largest absolute Gasteiger partial charge is 0.484 e. The molecule has 0 aliphatic carbocycles. The molecular weight excluding hydrogens is 398 g/mol. The molecule has 0 radical (unpaired) electrons. The number of carboxylic acids is 1. The van der Waals surface area contributed by atoms with Crippen LogP contribution in [0.15, 0.2) is 51.7 Å². The summed E-state index contributed by atoms with van der Waals surface area (Å²) in [7, 11) is 0. The number of carbonyl (C=O) groups excluding carboxylic acids is 1. The Hall–Kier alpha value is -3.32. The molecule has 0 saturated carbocycles. The topological polar surface area (TPSA) is 106 Å². The molecule has 2 aromatic carbocycles. The number of carbonyl (C=O) groups is 2. The summed E-state index contributed by atoms with van der Waals surface area (Å²) in [6.45, 7) is 2.68. The van der Waals surface area contributed by atoms with Crippen molar-refractivity contribution in [1.82, 2.24) is 5.32 Å². The molecule has 150 valence electrons. The van der Waals surface area contributed by atoms with Crippen LogP contribution < -0.4 is 15.5 Å². The van der Waals surface area contributed by atoms with E-state index in [0.717, 1.165) is 0 Å². The van der Waals surface area contributed by atoms with Gasteiger partial charge in [0.2, 0.25) is 5.43 Å². The van der Waals surface area contributed by atoms with Gasteiger partial charge in [-0.15, -0.1) is 0 Å². The Kier molecular flexibility index (Phi) is 5.89. The van der Waals surface area contributed by atoms with Crippen molar-refractivity contribution in [1.29, 1.82) is 0 Å². The van der Waals surface area contributed by atoms with Crippen LogP contribution in [0.25, 0.3) is 22.1 Å². The van der Waals surface area contributed by atoms with Crippen LogP contribution in [0.1, 0.15) is 12.7 Å². The van der Waals surface area contributed by atoms with Gasteiger partial charge in [-0.1, -0.05) is 23.7 Å². The zero-order valence-electron chi connectivity index (χ0n) is 15.7. The fraction of sp³-hybridized carbons (Fsp3) is 0.190. The van der Waals surface area contributed by atoms with Crippen molar-refractivity contribution in [2.24, 2.45) is 0 Å². The first-order valence-electron chi connectivity index (χ1n) is 8.74. The molecule has 2 N–H and O–H groups in total. The van der Waals surface area contributed by atoms with E-state index >= 15 is 0 Å². The first-order valence-corrected chi connectivity index (χ1v) is 9.12. The number of rotatable bonds is 6. The van der Waals surface area contributed by atoms with Gasteiger partial charge in [0.1, 0.15) is 23.1 Å². The SMILES string of the molecule is Cc1oc2cc(OCC(=O)N[C@@H](C)C(=O)O)ccc2c(=O)c1-c1ccc(Cl)cc1. The van der Waals surface area contributed by atoms with Gasteiger partial charge in [-0.25, -0.2) is 0 Å². The number of halogens is 1.